The fourth-order valence-corrected chi connectivity index (χ4v) is 8.76. The van der Waals surface area contributed by atoms with Gasteiger partial charge in [-0.3, -0.25) is 0 Å². The van der Waals surface area contributed by atoms with Crippen LogP contribution in [-0.4, -0.2) is 59.1 Å². The minimum atomic E-state index is -5.46. The molecule has 0 aliphatic heterocycles. The maximum absolute atomic E-state index is 16.1. The number of aromatic hydroxyl groups is 1. The maximum atomic E-state index is 16.1. The fourth-order valence-electron chi connectivity index (χ4n) is 8.76. The van der Waals surface area contributed by atoms with Gasteiger partial charge in [-0.1, -0.05) is 45.1 Å². The summed E-state index contributed by atoms with van der Waals surface area (Å²) in [4.78, 5) is 2.24. The van der Waals surface area contributed by atoms with Crippen LogP contribution in [0.3, 0.4) is 0 Å². The van der Waals surface area contributed by atoms with Crippen molar-refractivity contribution in [2.24, 2.45) is 23.2 Å². The Balaban J connectivity index is 1.21. The summed E-state index contributed by atoms with van der Waals surface area (Å²) in [5.41, 5.74) is 0.813. The monoisotopic (exact) mass is 619 g/mol. The molecule has 0 amide bonds. The molecule has 2 fully saturated rings. The van der Waals surface area contributed by atoms with Gasteiger partial charge in [0.15, 0.2) is 0 Å². The van der Waals surface area contributed by atoms with Gasteiger partial charge >= 0.3 is 12.1 Å². The van der Waals surface area contributed by atoms with Crippen LogP contribution in [0.2, 0.25) is 0 Å². The molecule has 0 saturated heterocycles. The molecule has 0 aromatic heterocycles. The summed E-state index contributed by atoms with van der Waals surface area (Å²) < 4.78 is 78.8. The first kappa shape index (κ1) is 34.4. The lowest BCUT2D eigenvalue weighted by molar-refractivity contribution is -0.284. The Morgan fingerprint density at radius 2 is 1.56 bits per heavy atom. The number of phenolic OH excluding ortho intramolecular Hbond substituents is 1. The Labute approximate surface area is 253 Å². The van der Waals surface area contributed by atoms with Gasteiger partial charge in [-0.25, -0.2) is 4.39 Å². The lowest BCUT2D eigenvalue weighted by Gasteiger charge is -2.56. The number of alkyl halides is 6. The molecular weight excluding hydrogens is 568 g/mol. The predicted octanol–water partition coefficient (Wildman–Crippen LogP) is 9.20. The van der Waals surface area contributed by atoms with Crippen molar-refractivity contribution in [2.45, 2.75) is 134 Å². The molecule has 2 N–H and O–H groups in total. The van der Waals surface area contributed by atoms with Crippen molar-refractivity contribution >= 4 is 0 Å². The summed E-state index contributed by atoms with van der Waals surface area (Å²) in [6.07, 6.45) is 1.95. The number of rotatable bonds is 14. The van der Waals surface area contributed by atoms with E-state index in [9.17, 15) is 32.2 Å². The van der Waals surface area contributed by atoms with Crippen molar-refractivity contribution in [3.8, 4) is 5.75 Å². The average molecular weight is 620 g/mol. The zero-order valence-corrected chi connectivity index (χ0v) is 26.0. The topological polar surface area (TPSA) is 43.7 Å². The second-order valence-electron chi connectivity index (χ2n) is 14.4. The van der Waals surface area contributed by atoms with E-state index >= 15 is 4.39 Å². The molecule has 9 heteroatoms. The zero-order chi connectivity index (χ0) is 31.6. The van der Waals surface area contributed by atoms with Crippen molar-refractivity contribution in [1.82, 2.24) is 4.90 Å². The van der Waals surface area contributed by atoms with Gasteiger partial charge < -0.3 is 15.1 Å². The van der Waals surface area contributed by atoms with Gasteiger partial charge in [0.2, 0.25) is 0 Å². The summed E-state index contributed by atoms with van der Waals surface area (Å²) in [5, 5.41) is 21.4. The molecule has 43 heavy (non-hydrogen) atoms. The highest BCUT2D eigenvalue weighted by Gasteiger charge is 2.63. The number of fused-ring (bicyclic) bond motifs is 5. The van der Waals surface area contributed by atoms with Crippen LogP contribution in [0.25, 0.3) is 0 Å². The van der Waals surface area contributed by atoms with Crippen LogP contribution >= 0.6 is 0 Å². The van der Waals surface area contributed by atoms with Crippen molar-refractivity contribution in [3.63, 3.8) is 0 Å². The van der Waals surface area contributed by atoms with Crippen LogP contribution in [0.5, 0.6) is 5.75 Å². The molecule has 4 rings (SSSR count). The summed E-state index contributed by atoms with van der Waals surface area (Å²) in [6.45, 7) is 5.78. The summed E-state index contributed by atoms with van der Waals surface area (Å²) in [7, 11) is 2.05. The molecule has 0 radical (unpaired) electrons. The van der Waals surface area contributed by atoms with Crippen LogP contribution in [0.4, 0.5) is 26.3 Å². The van der Waals surface area contributed by atoms with E-state index in [0.29, 0.717) is 31.6 Å². The highest BCUT2D eigenvalue weighted by Crippen LogP contribution is 2.66. The van der Waals surface area contributed by atoms with E-state index in [1.165, 1.54) is 0 Å². The van der Waals surface area contributed by atoms with Gasteiger partial charge in [-0.2, -0.15) is 22.0 Å². The van der Waals surface area contributed by atoms with E-state index in [2.05, 4.69) is 18.9 Å². The number of halogens is 6. The van der Waals surface area contributed by atoms with Crippen LogP contribution < -0.4 is 0 Å². The Bertz CT molecular complexity index is 1060. The molecule has 3 nitrogen and oxygen atoms in total. The second-order valence-corrected chi connectivity index (χ2v) is 14.4. The molecule has 1 aromatic carbocycles. The smallest absolute Gasteiger partial charge is 0.453 e. The number of aliphatic hydroxyl groups is 1. The number of hydrogen-bond acceptors (Lipinski definition) is 3. The van der Waals surface area contributed by atoms with E-state index < -0.39 is 35.7 Å². The highest BCUT2D eigenvalue weighted by molar-refractivity contribution is 5.41. The third kappa shape index (κ3) is 7.50. The third-order valence-corrected chi connectivity index (χ3v) is 11.5. The number of nitrogens with zero attached hydrogens (tertiary/aromatic N) is 1. The normalized spacial score (nSPS) is 32.5. The SMILES string of the molecule is CN(CCCCCCCC(F)(F)C(F)(F)F)CCCCCC1Cc2cc(O)ccc2[C@@H]2[C@@H]1[C@@H]1CC[C@@](C)(O)[C@@]1(C)C[C@@H]2F. The molecule has 0 heterocycles. The summed E-state index contributed by atoms with van der Waals surface area (Å²) in [5.74, 6) is -3.79. The first-order chi connectivity index (χ1) is 20.1. The molecule has 3 aliphatic carbocycles. The molecule has 1 aromatic rings. The molecule has 246 valence electrons. The molecule has 1 unspecified atom stereocenters. The quantitative estimate of drug-likeness (QED) is 0.161. The van der Waals surface area contributed by atoms with E-state index in [4.69, 9.17) is 0 Å². The molecule has 0 bridgehead atoms. The van der Waals surface area contributed by atoms with Crippen LogP contribution in [-0.2, 0) is 6.42 Å². The van der Waals surface area contributed by atoms with Gasteiger partial charge in [0.25, 0.3) is 0 Å². The largest absolute Gasteiger partial charge is 0.508 e. The van der Waals surface area contributed by atoms with E-state index in [1.54, 1.807) is 6.07 Å². The standard InChI is InChI=1S/C34H51F6NO2/c1-31-22-28(35)30-26-14-13-25(42)21-24(26)20-23(29(30)27(31)15-17-32(31,2)43)12-8-7-11-19-41(3)18-10-6-4-5-9-16-33(36,37)34(38,39)40/h13-14,21,23,27-30,42-43H,4-12,15-20,22H2,1-3H3/t23?,27-,28-,29-,30-,31-,32+/m0/s1. The lowest BCUT2D eigenvalue weighted by Crippen LogP contribution is -2.54. The highest BCUT2D eigenvalue weighted by atomic mass is 19.4. The average Bonchev–Trinajstić information content (AvgIpc) is 3.14. The molecular formula is C34H51F6NO2. The van der Waals surface area contributed by atoms with Gasteiger partial charge in [0.1, 0.15) is 11.9 Å². The van der Waals surface area contributed by atoms with Crippen LogP contribution in [0, 0.1) is 23.2 Å². The second kappa shape index (κ2) is 13.5. The van der Waals surface area contributed by atoms with E-state index in [0.717, 1.165) is 75.6 Å². The van der Waals surface area contributed by atoms with Gasteiger partial charge in [0, 0.05) is 17.8 Å². The van der Waals surface area contributed by atoms with E-state index in [1.807, 2.05) is 19.1 Å². The minimum absolute atomic E-state index is 0.122. The molecule has 3 aliphatic rings. The van der Waals surface area contributed by atoms with Gasteiger partial charge in [-0.15, -0.1) is 0 Å². The van der Waals surface area contributed by atoms with Crippen molar-refractivity contribution < 1.29 is 36.6 Å². The maximum Gasteiger partial charge on any atom is 0.453 e. The number of unbranched alkanes of at least 4 members (excludes halogenated alkanes) is 6. The number of hydrogen-bond donors (Lipinski definition) is 2. The molecule has 7 atom stereocenters. The van der Waals surface area contributed by atoms with Crippen molar-refractivity contribution in [2.75, 3.05) is 20.1 Å². The van der Waals surface area contributed by atoms with Crippen molar-refractivity contribution in [1.29, 1.82) is 0 Å². The first-order valence-electron chi connectivity index (χ1n) is 16.4. The van der Waals surface area contributed by atoms with Crippen LogP contribution in [0.1, 0.15) is 114 Å². The summed E-state index contributed by atoms with van der Waals surface area (Å²) >= 11 is 0. The Morgan fingerprint density at radius 3 is 2.23 bits per heavy atom. The zero-order valence-electron chi connectivity index (χ0n) is 26.0. The Kier molecular flexibility index (Phi) is 10.8. The number of benzene rings is 1. The Hall–Kier alpha value is -1.48. The predicted molar refractivity (Wildman–Crippen MR) is 157 cm³/mol. The van der Waals surface area contributed by atoms with Gasteiger partial charge in [-0.05, 0) is 119 Å². The van der Waals surface area contributed by atoms with Crippen LogP contribution in [0.15, 0.2) is 18.2 Å². The summed E-state index contributed by atoms with van der Waals surface area (Å²) in [6, 6.07) is 5.41. The first-order valence-corrected chi connectivity index (χ1v) is 16.4. The lowest BCUT2D eigenvalue weighted by atomic mass is 9.50. The fraction of sp³-hybridized carbons (Fsp3) is 0.824. The van der Waals surface area contributed by atoms with Gasteiger partial charge in [0.05, 0.1) is 5.60 Å². The third-order valence-electron chi connectivity index (χ3n) is 11.5. The molecule has 0 spiro atoms. The van der Waals surface area contributed by atoms with Crippen molar-refractivity contribution in [3.05, 3.63) is 29.3 Å². The number of phenols is 1. The molecule has 2 saturated carbocycles. The Morgan fingerprint density at radius 1 is 0.930 bits per heavy atom. The minimum Gasteiger partial charge on any atom is -0.508 e. The van der Waals surface area contributed by atoms with E-state index in [-0.39, 0.29) is 29.9 Å².